The van der Waals surface area contributed by atoms with Gasteiger partial charge in [0, 0.05) is 10.1 Å². The molecule has 3 nitrogen and oxygen atoms in total. The molecule has 0 saturated carbocycles. The van der Waals surface area contributed by atoms with Gasteiger partial charge in [0.15, 0.2) is 0 Å². The first-order chi connectivity index (χ1) is 7.32. The van der Waals surface area contributed by atoms with Gasteiger partial charge in [0.2, 0.25) is 0 Å². The molecule has 0 aliphatic carbocycles. The van der Waals surface area contributed by atoms with Gasteiger partial charge in [0.25, 0.3) is 0 Å². The van der Waals surface area contributed by atoms with E-state index in [-0.39, 0.29) is 18.5 Å². The minimum Gasteiger partial charge on any atom is -0.384 e. The summed E-state index contributed by atoms with van der Waals surface area (Å²) in [6.45, 7) is 9.12. The smallest absolute Gasteiger partial charge is 0.384 e. The Morgan fingerprint density at radius 3 is 2.25 bits per heavy atom. The molecule has 0 bridgehead atoms. The Hall–Kier alpha value is -0.00506. The lowest BCUT2D eigenvalue weighted by molar-refractivity contribution is 0.00578. The van der Waals surface area contributed by atoms with Crippen LogP contribution in [-0.4, -0.2) is 29.8 Å². The zero-order chi connectivity index (χ0) is 12.0. The van der Waals surface area contributed by atoms with E-state index in [0.717, 1.165) is 6.54 Å². The first kappa shape index (κ1) is 12.5. The molecule has 2 heterocycles. The molecule has 0 N–H and O–H groups in total. The van der Waals surface area contributed by atoms with Gasteiger partial charge in [-0.05, 0) is 62.6 Å². The Morgan fingerprint density at radius 1 is 1.25 bits per heavy atom. The van der Waals surface area contributed by atoms with Gasteiger partial charge in [0.1, 0.15) is 0 Å². The van der Waals surface area contributed by atoms with Gasteiger partial charge in [0.05, 0.1) is 11.2 Å². The van der Waals surface area contributed by atoms with Gasteiger partial charge in [-0.3, -0.25) is 0 Å². The molecular formula is C11H17BINO2. The molecule has 0 atom stereocenters. The first-order valence-corrected chi connectivity index (χ1v) is 6.55. The molecule has 16 heavy (non-hydrogen) atoms. The van der Waals surface area contributed by atoms with Crippen molar-refractivity contribution in [2.45, 2.75) is 38.9 Å². The highest BCUT2D eigenvalue weighted by Crippen LogP contribution is 2.37. The van der Waals surface area contributed by atoms with Gasteiger partial charge >= 0.3 is 7.25 Å². The van der Waals surface area contributed by atoms with Crippen LogP contribution in [-0.2, 0) is 9.31 Å². The molecule has 0 aromatic carbocycles. The lowest BCUT2D eigenvalue weighted by atomic mass is 9.90. The minimum absolute atomic E-state index is 0.264. The molecule has 2 aliphatic heterocycles. The molecule has 1 fully saturated rings. The number of nitrogens with zero attached hydrogens (tertiary/aromatic N) is 1. The molecule has 0 unspecified atom stereocenters. The zero-order valence-corrected chi connectivity index (χ0v) is 12.3. The molecule has 1 saturated heterocycles. The van der Waals surface area contributed by atoms with Crippen molar-refractivity contribution in [2.75, 3.05) is 6.54 Å². The molecule has 0 aromatic heterocycles. The maximum Gasteiger partial charge on any atom is 0.593 e. The monoisotopic (exact) mass is 333 g/mol. The van der Waals surface area contributed by atoms with Gasteiger partial charge in [-0.15, -0.1) is 0 Å². The summed E-state index contributed by atoms with van der Waals surface area (Å²) in [5.74, 6) is 0. The number of hydrogen-bond acceptors (Lipinski definition) is 3. The molecular weight excluding hydrogens is 316 g/mol. The van der Waals surface area contributed by atoms with Crippen molar-refractivity contribution in [3.8, 4) is 0 Å². The molecule has 0 aromatic rings. The van der Waals surface area contributed by atoms with Crippen LogP contribution >= 0.6 is 22.6 Å². The minimum atomic E-state index is -0.276. The Labute approximate surface area is 111 Å². The summed E-state index contributed by atoms with van der Waals surface area (Å²) in [5.41, 5.74) is -0.528. The summed E-state index contributed by atoms with van der Waals surface area (Å²) < 4.78 is 13.2. The Kier molecular flexibility index (Phi) is 3.14. The van der Waals surface area contributed by atoms with E-state index in [1.54, 1.807) is 0 Å². The lowest BCUT2D eigenvalue weighted by Gasteiger charge is -2.32. The van der Waals surface area contributed by atoms with E-state index in [2.05, 4.69) is 67.2 Å². The predicted molar refractivity (Wildman–Crippen MR) is 74.0 cm³/mol. The van der Waals surface area contributed by atoms with Gasteiger partial charge in [-0.1, -0.05) is 6.08 Å². The van der Waals surface area contributed by atoms with Crippen LogP contribution in [0.3, 0.4) is 0 Å². The average Bonchev–Trinajstić information content (AvgIpc) is 2.37. The Bertz CT molecular complexity index is 336. The molecule has 88 valence electrons. The third kappa shape index (κ3) is 2.17. The van der Waals surface area contributed by atoms with E-state index in [4.69, 9.17) is 9.31 Å². The highest BCUT2D eigenvalue weighted by Gasteiger charge is 2.53. The van der Waals surface area contributed by atoms with Crippen LogP contribution in [0.15, 0.2) is 21.9 Å². The number of allylic oxidation sites excluding steroid dienone is 2. The molecule has 0 amide bonds. The van der Waals surface area contributed by atoms with Crippen molar-refractivity contribution in [2.24, 2.45) is 0 Å². The van der Waals surface area contributed by atoms with Crippen molar-refractivity contribution < 1.29 is 9.31 Å². The van der Waals surface area contributed by atoms with E-state index in [9.17, 15) is 0 Å². The fourth-order valence-corrected chi connectivity index (χ4v) is 1.95. The standard InChI is InChI=1S/C11H17BINO2/c1-10(2)11(3,4)16-12(15-10)14-7-5-9(13)6-8-14/h5-7H,8H2,1-4H3. The third-order valence-electron chi connectivity index (χ3n) is 3.43. The number of rotatable bonds is 1. The van der Waals surface area contributed by atoms with Gasteiger partial charge < -0.3 is 14.1 Å². The zero-order valence-electron chi connectivity index (χ0n) is 10.2. The summed E-state index contributed by atoms with van der Waals surface area (Å²) in [4.78, 5) is 2.07. The molecule has 0 spiro atoms. The van der Waals surface area contributed by atoms with Crippen LogP contribution in [0.5, 0.6) is 0 Å². The number of halogens is 1. The number of hydrogen-bond donors (Lipinski definition) is 0. The largest absolute Gasteiger partial charge is 0.593 e. The fourth-order valence-electron chi connectivity index (χ4n) is 1.59. The summed E-state index contributed by atoms with van der Waals surface area (Å²) in [6, 6.07) is 0. The van der Waals surface area contributed by atoms with Crippen LogP contribution in [0.1, 0.15) is 27.7 Å². The SMILES string of the molecule is CC1(C)OB(N2C=CC(I)=CC2)OC1(C)C. The van der Waals surface area contributed by atoms with Crippen molar-refractivity contribution in [1.82, 2.24) is 4.81 Å². The quantitative estimate of drug-likeness (QED) is 0.544. The molecule has 2 aliphatic rings. The lowest BCUT2D eigenvalue weighted by Crippen LogP contribution is -2.41. The average molecular weight is 333 g/mol. The second-order valence-corrected chi connectivity index (χ2v) is 6.41. The van der Waals surface area contributed by atoms with Crippen LogP contribution in [0.2, 0.25) is 0 Å². The molecule has 2 rings (SSSR count). The maximum atomic E-state index is 5.96. The van der Waals surface area contributed by atoms with E-state index >= 15 is 0 Å². The Balaban J connectivity index is 2.08. The first-order valence-electron chi connectivity index (χ1n) is 5.47. The summed E-state index contributed by atoms with van der Waals surface area (Å²) in [6.07, 6.45) is 6.25. The highest BCUT2D eigenvalue weighted by molar-refractivity contribution is 14.1. The molecule has 0 radical (unpaired) electrons. The van der Waals surface area contributed by atoms with E-state index < -0.39 is 0 Å². The van der Waals surface area contributed by atoms with Crippen molar-refractivity contribution >= 4 is 29.8 Å². The second-order valence-electron chi connectivity index (χ2n) is 5.16. The third-order valence-corrected chi connectivity index (χ3v) is 4.23. The van der Waals surface area contributed by atoms with Crippen LogP contribution < -0.4 is 0 Å². The maximum absolute atomic E-state index is 5.96. The molecule has 5 heteroatoms. The van der Waals surface area contributed by atoms with Crippen molar-refractivity contribution in [1.29, 1.82) is 0 Å². The van der Waals surface area contributed by atoms with Gasteiger partial charge in [-0.25, -0.2) is 0 Å². The van der Waals surface area contributed by atoms with E-state index in [1.165, 1.54) is 3.58 Å². The normalized spacial score (nSPS) is 27.2. The second kappa shape index (κ2) is 4.03. The Morgan fingerprint density at radius 2 is 1.81 bits per heavy atom. The predicted octanol–water partition coefficient (Wildman–Crippen LogP) is 2.72. The fraction of sp³-hybridized carbons (Fsp3) is 0.636. The van der Waals surface area contributed by atoms with Crippen LogP contribution in [0.25, 0.3) is 0 Å². The van der Waals surface area contributed by atoms with Crippen LogP contribution in [0.4, 0.5) is 0 Å². The topological polar surface area (TPSA) is 21.7 Å². The highest BCUT2D eigenvalue weighted by atomic mass is 127. The summed E-state index contributed by atoms with van der Waals surface area (Å²) >= 11 is 2.31. The summed E-state index contributed by atoms with van der Waals surface area (Å²) in [7, 11) is -0.276. The van der Waals surface area contributed by atoms with Crippen molar-refractivity contribution in [3.05, 3.63) is 21.9 Å². The van der Waals surface area contributed by atoms with E-state index in [1.807, 2.05) is 6.20 Å². The van der Waals surface area contributed by atoms with Crippen molar-refractivity contribution in [3.63, 3.8) is 0 Å². The van der Waals surface area contributed by atoms with E-state index in [0.29, 0.717) is 0 Å². The summed E-state index contributed by atoms with van der Waals surface area (Å²) in [5, 5.41) is 0. The van der Waals surface area contributed by atoms with Crippen LogP contribution in [0, 0.1) is 0 Å². The van der Waals surface area contributed by atoms with Gasteiger partial charge in [-0.2, -0.15) is 0 Å².